The van der Waals surface area contributed by atoms with E-state index in [-0.39, 0.29) is 12.4 Å². The zero-order valence-electron chi connectivity index (χ0n) is 18.1. The average Bonchev–Trinajstić information content (AvgIpc) is 3.03. The second-order valence-electron chi connectivity index (χ2n) is 9.98. The van der Waals surface area contributed by atoms with Crippen molar-refractivity contribution in [2.24, 2.45) is 11.3 Å². The number of hydrogen-bond acceptors (Lipinski definition) is 2. The number of aromatic nitrogens is 1. The fraction of sp³-hybridized carbons (Fsp3) is 0.500. The lowest BCUT2D eigenvalue weighted by Crippen LogP contribution is -3.00. The van der Waals surface area contributed by atoms with Gasteiger partial charge in [-0.2, -0.15) is 0 Å². The zero-order valence-corrected chi connectivity index (χ0v) is 19.6. The Morgan fingerprint density at radius 2 is 1.83 bits per heavy atom. The van der Waals surface area contributed by atoms with Gasteiger partial charge in [0.1, 0.15) is 4.83 Å². The molecule has 1 nitrogen and oxygen atoms in total. The molecule has 3 aromatic rings. The molecule has 3 heteroatoms. The molecular weight excluding hydrogens is 394 g/mol. The van der Waals surface area contributed by atoms with Gasteiger partial charge in [-0.05, 0) is 85.5 Å². The summed E-state index contributed by atoms with van der Waals surface area (Å²) in [5.41, 5.74) is 9.18. The third-order valence-electron chi connectivity index (χ3n) is 7.00. The third kappa shape index (κ3) is 3.64. The van der Waals surface area contributed by atoms with E-state index in [2.05, 4.69) is 52.0 Å². The fourth-order valence-corrected chi connectivity index (χ4v) is 6.61. The van der Waals surface area contributed by atoms with Crippen LogP contribution in [-0.4, -0.2) is 4.98 Å². The lowest BCUT2D eigenvalue weighted by atomic mass is 9.70. The Bertz CT molecular complexity index is 1060. The summed E-state index contributed by atoms with van der Waals surface area (Å²) in [5, 5.41) is 1.50. The predicted octanol–water partition coefficient (Wildman–Crippen LogP) is 4.31. The molecule has 0 spiro atoms. The van der Waals surface area contributed by atoms with Crippen LogP contribution in [0.15, 0.2) is 24.3 Å². The Morgan fingerprint density at radius 3 is 2.59 bits per heavy atom. The summed E-state index contributed by atoms with van der Waals surface area (Å²) in [7, 11) is 0. The normalized spacial score (nSPS) is 18.8. The first-order chi connectivity index (χ1) is 13.4. The van der Waals surface area contributed by atoms with E-state index < -0.39 is 0 Å². The number of aryl methyl sites for hydroxylation is 4. The van der Waals surface area contributed by atoms with Crippen LogP contribution >= 0.6 is 11.3 Å². The molecule has 0 N–H and O–H groups in total. The van der Waals surface area contributed by atoms with Gasteiger partial charge >= 0.3 is 0 Å². The third-order valence-corrected chi connectivity index (χ3v) is 8.19. The van der Waals surface area contributed by atoms with Gasteiger partial charge in [-0.3, -0.25) is 0 Å². The van der Waals surface area contributed by atoms with Gasteiger partial charge < -0.3 is 12.4 Å². The first kappa shape index (κ1) is 20.9. The van der Waals surface area contributed by atoms with Crippen molar-refractivity contribution in [3.05, 3.63) is 51.5 Å². The molecule has 5 rings (SSSR count). The van der Waals surface area contributed by atoms with Crippen molar-refractivity contribution in [3.8, 4) is 11.1 Å². The van der Waals surface area contributed by atoms with Crippen LogP contribution in [0.3, 0.4) is 0 Å². The highest BCUT2D eigenvalue weighted by molar-refractivity contribution is 7.19. The number of fused-ring (bicyclic) bond motifs is 4. The van der Waals surface area contributed by atoms with E-state index in [1.807, 2.05) is 11.3 Å². The first-order valence-corrected chi connectivity index (χ1v) is 11.8. The van der Waals surface area contributed by atoms with Gasteiger partial charge in [0.2, 0.25) is 0 Å². The summed E-state index contributed by atoms with van der Waals surface area (Å²) in [6, 6.07) is 9.17. The Balaban J connectivity index is 0.00000205. The van der Waals surface area contributed by atoms with E-state index in [4.69, 9.17) is 4.98 Å². The number of hydrogen-bond donors (Lipinski definition) is 0. The van der Waals surface area contributed by atoms with Gasteiger partial charge in [-0.1, -0.05) is 50.6 Å². The molecule has 0 radical (unpaired) electrons. The molecule has 0 bridgehead atoms. The smallest absolute Gasteiger partial charge is 0.124 e. The SMILES string of the molecule is Cc1cccc(-c2c3c(nc4sc5c(c24)CCCC5)CCC(C(C)(C)C)C3)c1.[Cl-]. The maximum Gasteiger partial charge on any atom is 0.124 e. The van der Waals surface area contributed by atoms with Crippen LogP contribution in [0, 0.1) is 18.3 Å². The number of thiophene rings is 1. The van der Waals surface area contributed by atoms with Gasteiger partial charge in [-0.25, -0.2) is 4.98 Å². The summed E-state index contributed by atoms with van der Waals surface area (Å²) in [6.07, 6.45) is 8.73. The minimum Gasteiger partial charge on any atom is -1.00 e. The number of rotatable bonds is 1. The summed E-state index contributed by atoms with van der Waals surface area (Å²) in [4.78, 5) is 8.18. The van der Waals surface area contributed by atoms with Crippen molar-refractivity contribution in [2.75, 3.05) is 0 Å². The molecule has 0 aliphatic heterocycles. The highest BCUT2D eigenvalue weighted by Crippen LogP contribution is 2.47. The van der Waals surface area contributed by atoms with Gasteiger partial charge in [0, 0.05) is 16.0 Å². The largest absolute Gasteiger partial charge is 1.00 e. The highest BCUT2D eigenvalue weighted by atomic mass is 35.5. The number of benzene rings is 1. The molecule has 2 heterocycles. The highest BCUT2D eigenvalue weighted by Gasteiger charge is 2.33. The molecule has 1 unspecified atom stereocenters. The number of halogens is 1. The zero-order chi connectivity index (χ0) is 19.5. The van der Waals surface area contributed by atoms with Crippen LogP contribution < -0.4 is 12.4 Å². The van der Waals surface area contributed by atoms with Crippen molar-refractivity contribution in [1.82, 2.24) is 4.98 Å². The van der Waals surface area contributed by atoms with Crippen molar-refractivity contribution in [2.45, 2.75) is 72.6 Å². The minimum absolute atomic E-state index is 0. The number of nitrogens with zero attached hydrogens (tertiary/aromatic N) is 1. The molecule has 29 heavy (non-hydrogen) atoms. The fourth-order valence-electron chi connectivity index (χ4n) is 5.32. The minimum atomic E-state index is 0. The second kappa shape index (κ2) is 7.71. The monoisotopic (exact) mass is 424 g/mol. The summed E-state index contributed by atoms with van der Waals surface area (Å²) < 4.78 is 0. The maximum absolute atomic E-state index is 5.26. The lowest BCUT2D eigenvalue weighted by Gasteiger charge is -2.35. The number of pyridine rings is 1. The van der Waals surface area contributed by atoms with Crippen LogP contribution in [0.2, 0.25) is 0 Å². The molecule has 0 fully saturated rings. The Kier molecular flexibility index (Phi) is 5.55. The second-order valence-corrected chi connectivity index (χ2v) is 11.1. The maximum atomic E-state index is 5.26. The molecule has 2 aromatic heterocycles. The summed E-state index contributed by atoms with van der Waals surface area (Å²) in [6.45, 7) is 9.45. The van der Waals surface area contributed by atoms with E-state index in [9.17, 15) is 0 Å². The summed E-state index contributed by atoms with van der Waals surface area (Å²) in [5.74, 6) is 0.734. The molecule has 1 atom stereocenters. The Morgan fingerprint density at radius 1 is 1.03 bits per heavy atom. The van der Waals surface area contributed by atoms with E-state index in [0.717, 1.165) is 12.3 Å². The molecule has 154 valence electrons. The molecular formula is C26H31ClNS-. The van der Waals surface area contributed by atoms with Crippen LogP contribution in [0.1, 0.15) is 67.3 Å². The van der Waals surface area contributed by atoms with Gasteiger partial charge in [-0.15, -0.1) is 11.3 Å². The van der Waals surface area contributed by atoms with Crippen molar-refractivity contribution in [3.63, 3.8) is 0 Å². The van der Waals surface area contributed by atoms with Crippen molar-refractivity contribution < 1.29 is 12.4 Å². The summed E-state index contributed by atoms with van der Waals surface area (Å²) >= 11 is 1.98. The molecule has 2 aliphatic rings. The average molecular weight is 425 g/mol. The van der Waals surface area contributed by atoms with Gasteiger partial charge in [0.15, 0.2) is 0 Å². The Hall–Kier alpha value is -1.38. The van der Waals surface area contributed by atoms with Crippen LogP contribution in [-0.2, 0) is 25.7 Å². The Labute approximate surface area is 185 Å². The topological polar surface area (TPSA) is 12.9 Å². The van der Waals surface area contributed by atoms with E-state index in [1.54, 1.807) is 16.0 Å². The molecule has 0 saturated carbocycles. The molecule has 0 amide bonds. The van der Waals surface area contributed by atoms with Gasteiger partial charge in [0.05, 0.1) is 0 Å². The molecule has 2 aliphatic carbocycles. The van der Waals surface area contributed by atoms with Crippen LogP contribution in [0.25, 0.3) is 21.3 Å². The van der Waals surface area contributed by atoms with Crippen molar-refractivity contribution in [1.29, 1.82) is 0 Å². The van der Waals surface area contributed by atoms with E-state index in [1.165, 1.54) is 71.1 Å². The van der Waals surface area contributed by atoms with E-state index >= 15 is 0 Å². The predicted molar refractivity (Wildman–Crippen MR) is 121 cm³/mol. The first-order valence-electron chi connectivity index (χ1n) is 10.9. The van der Waals surface area contributed by atoms with Crippen molar-refractivity contribution >= 4 is 21.6 Å². The van der Waals surface area contributed by atoms with Crippen LogP contribution in [0.5, 0.6) is 0 Å². The van der Waals surface area contributed by atoms with Gasteiger partial charge in [0.25, 0.3) is 0 Å². The van der Waals surface area contributed by atoms with Crippen LogP contribution in [0.4, 0.5) is 0 Å². The lowest BCUT2D eigenvalue weighted by molar-refractivity contribution is -0.00000631. The standard InChI is InChI=1S/C26H31NS.ClH/c1-16-8-7-9-17(14-16)23-20-15-18(26(2,3)4)12-13-21(20)27-25-24(23)19-10-5-6-11-22(19)28-25;/h7-9,14,18H,5-6,10-13,15H2,1-4H3;1H/p-1. The van der Waals surface area contributed by atoms with E-state index in [0.29, 0.717) is 5.41 Å². The molecule has 1 aromatic carbocycles. The molecule has 0 saturated heterocycles. The quantitative estimate of drug-likeness (QED) is 0.567.